The van der Waals surface area contributed by atoms with Crippen molar-refractivity contribution in [1.82, 2.24) is 4.90 Å². The topological polar surface area (TPSA) is 66.8 Å². The van der Waals surface area contributed by atoms with E-state index in [1.54, 1.807) is 11.8 Å². The summed E-state index contributed by atoms with van der Waals surface area (Å²) < 4.78 is 5.70. The molecule has 0 bridgehead atoms. The van der Waals surface area contributed by atoms with Crippen LogP contribution in [-0.4, -0.2) is 41.1 Å². The average molecular weight is 303 g/mol. The highest BCUT2D eigenvalue weighted by Crippen LogP contribution is 2.32. The minimum Gasteiger partial charge on any atom is -0.492 e. The molecule has 1 aromatic carbocycles. The van der Waals surface area contributed by atoms with E-state index in [1.807, 2.05) is 24.3 Å². The number of nitrogens with zero attached hydrogens (tertiary/aromatic N) is 1. The van der Waals surface area contributed by atoms with E-state index < -0.39 is 11.9 Å². The fraction of sp³-hybridized carbons (Fsp3) is 0.529. The summed E-state index contributed by atoms with van der Waals surface area (Å²) in [4.78, 5) is 25.6. The van der Waals surface area contributed by atoms with E-state index in [1.165, 1.54) is 0 Å². The van der Waals surface area contributed by atoms with Crippen molar-refractivity contribution in [3.63, 3.8) is 0 Å². The van der Waals surface area contributed by atoms with Crippen molar-refractivity contribution >= 4 is 11.9 Å². The van der Waals surface area contributed by atoms with Crippen LogP contribution >= 0.6 is 0 Å². The van der Waals surface area contributed by atoms with Crippen molar-refractivity contribution in [2.45, 2.75) is 32.2 Å². The van der Waals surface area contributed by atoms with Crippen LogP contribution in [0.2, 0.25) is 0 Å². The second-order valence-electron chi connectivity index (χ2n) is 6.28. The molecule has 1 saturated carbocycles. The third-order valence-corrected chi connectivity index (χ3v) is 4.39. The number of carboxylic acid groups (broad SMARTS) is 1. The Balaban J connectivity index is 1.70. The quantitative estimate of drug-likeness (QED) is 0.903. The predicted octanol–water partition coefficient (Wildman–Crippen LogP) is 1.95. The van der Waals surface area contributed by atoms with Gasteiger partial charge in [0.15, 0.2) is 0 Å². The first-order valence-corrected chi connectivity index (χ1v) is 7.80. The molecular weight excluding hydrogens is 282 g/mol. The second-order valence-corrected chi connectivity index (χ2v) is 6.28. The molecule has 2 unspecified atom stereocenters. The van der Waals surface area contributed by atoms with Crippen molar-refractivity contribution < 1.29 is 19.4 Å². The Morgan fingerprint density at radius 1 is 1.36 bits per heavy atom. The van der Waals surface area contributed by atoms with E-state index >= 15 is 0 Å². The van der Waals surface area contributed by atoms with Gasteiger partial charge in [-0.05, 0) is 30.9 Å². The number of rotatable bonds is 5. The van der Waals surface area contributed by atoms with Gasteiger partial charge >= 0.3 is 5.97 Å². The van der Waals surface area contributed by atoms with Gasteiger partial charge in [0.25, 0.3) is 0 Å². The summed E-state index contributed by atoms with van der Waals surface area (Å²) in [7, 11) is 0. The largest absolute Gasteiger partial charge is 0.492 e. The van der Waals surface area contributed by atoms with Gasteiger partial charge in [0.1, 0.15) is 12.4 Å². The highest BCUT2D eigenvalue weighted by Gasteiger charge is 2.38. The molecule has 1 aromatic rings. The number of hydrogen-bond acceptors (Lipinski definition) is 3. The molecule has 0 saturated heterocycles. The smallest absolute Gasteiger partial charge is 0.308 e. The van der Waals surface area contributed by atoms with Crippen LogP contribution in [0.4, 0.5) is 0 Å². The standard InChI is InChI=1S/C17H21NO4/c1-11(17(20)21)9-18(14-6-7-14)16(19)13-8-12-4-2-3-5-15(12)22-10-13/h2-5,11,13-14H,6-10H2,1H3,(H,20,21). The Bertz CT molecular complexity index is 582. The molecule has 0 radical (unpaired) electrons. The number of hydrogen-bond donors (Lipinski definition) is 1. The van der Waals surface area contributed by atoms with E-state index in [-0.39, 0.29) is 24.4 Å². The van der Waals surface area contributed by atoms with Crippen LogP contribution in [0.1, 0.15) is 25.3 Å². The molecule has 5 heteroatoms. The lowest BCUT2D eigenvalue weighted by Crippen LogP contribution is -2.44. The molecule has 1 fully saturated rings. The zero-order chi connectivity index (χ0) is 15.7. The van der Waals surface area contributed by atoms with Crippen LogP contribution in [0.5, 0.6) is 5.75 Å². The maximum Gasteiger partial charge on any atom is 0.308 e. The van der Waals surface area contributed by atoms with E-state index in [9.17, 15) is 9.59 Å². The van der Waals surface area contributed by atoms with E-state index in [2.05, 4.69) is 0 Å². The number of carbonyl (C=O) groups excluding carboxylic acids is 1. The summed E-state index contributed by atoms with van der Waals surface area (Å²) >= 11 is 0. The zero-order valence-corrected chi connectivity index (χ0v) is 12.7. The van der Waals surface area contributed by atoms with E-state index in [0.29, 0.717) is 13.0 Å². The summed E-state index contributed by atoms with van der Waals surface area (Å²) in [5.74, 6) is -0.727. The molecule has 1 aliphatic heterocycles. The number of benzene rings is 1. The normalized spacial score (nSPS) is 21.4. The number of fused-ring (bicyclic) bond motifs is 1. The lowest BCUT2D eigenvalue weighted by molar-refractivity contribution is -0.144. The third-order valence-electron chi connectivity index (χ3n) is 4.39. The van der Waals surface area contributed by atoms with Gasteiger partial charge in [-0.25, -0.2) is 0 Å². The lowest BCUT2D eigenvalue weighted by atomic mass is 9.95. The second kappa shape index (κ2) is 5.99. The van der Waals surface area contributed by atoms with Gasteiger partial charge in [-0.2, -0.15) is 0 Å². The number of carbonyl (C=O) groups is 2. The molecule has 1 amide bonds. The summed E-state index contributed by atoms with van der Waals surface area (Å²) in [6.07, 6.45) is 2.62. The Kier molecular flexibility index (Phi) is 4.05. The van der Waals surface area contributed by atoms with Crippen LogP contribution in [0.25, 0.3) is 0 Å². The molecule has 1 aliphatic carbocycles. The van der Waals surface area contributed by atoms with E-state index in [0.717, 1.165) is 24.2 Å². The van der Waals surface area contributed by atoms with Crippen LogP contribution in [-0.2, 0) is 16.0 Å². The van der Waals surface area contributed by atoms with Gasteiger partial charge < -0.3 is 14.7 Å². The zero-order valence-electron chi connectivity index (χ0n) is 12.7. The maximum absolute atomic E-state index is 12.8. The minimum absolute atomic E-state index is 0.0325. The Labute approximate surface area is 129 Å². The summed E-state index contributed by atoms with van der Waals surface area (Å²) in [6, 6.07) is 7.98. The van der Waals surface area contributed by atoms with E-state index in [4.69, 9.17) is 9.84 Å². The summed E-state index contributed by atoms with van der Waals surface area (Å²) in [5, 5.41) is 9.09. The Morgan fingerprint density at radius 2 is 2.09 bits per heavy atom. The molecule has 2 aliphatic rings. The van der Waals surface area contributed by atoms with Crippen molar-refractivity contribution in [1.29, 1.82) is 0 Å². The van der Waals surface area contributed by atoms with Crippen LogP contribution < -0.4 is 4.74 Å². The van der Waals surface area contributed by atoms with Crippen LogP contribution in [0, 0.1) is 11.8 Å². The predicted molar refractivity (Wildman–Crippen MR) is 80.7 cm³/mol. The molecule has 0 aromatic heterocycles. The van der Waals surface area contributed by atoms with Gasteiger partial charge in [-0.1, -0.05) is 25.1 Å². The molecule has 3 rings (SSSR count). The Hall–Kier alpha value is -2.04. The molecule has 0 spiro atoms. The SMILES string of the molecule is CC(CN(C(=O)C1COc2ccccc2C1)C1CC1)C(=O)O. The third kappa shape index (κ3) is 3.08. The molecule has 22 heavy (non-hydrogen) atoms. The fourth-order valence-corrected chi connectivity index (χ4v) is 2.90. The first-order valence-electron chi connectivity index (χ1n) is 7.80. The van der Waals surface area contributed by atoms with Gasteiger partial charge in [0.05, 0.1) is 11.8 Å². The maximum atomic E-state index is 12.8. The molecule has 5 nitrogen and oxygen atoms in total. The monoisotopic (exact) mass is 303 g/mol. The van der Waals surface area contributed by atoms with Crippen LogP contribution in [0.3, 0.4) is 0 Å². The van der Waals surface area contributed by atoms with Crippen LogP contribution in [0.15, 0.2) is 24.3 Å². The number of aliphatic carboxylic acids is 1. The van der Waals surface area contributed by atoms with Gasteiger partial charge in [-0.3, -0.25) is 9.59 Å². The first-order chi connectivity index (χ1) is 10.6. The molecule has 118 valence electrons. The first kappa shape index (κ1) is 14.9. The van der Waals surface area contributed by atoms with Crippen molar-refractivity contribution in [2.75, 3.05) is 13.2 Å². The van der Waals surface area contributed by atoms with Crippen molar-refractivity contribution in [3.05, 3.63) is 29.8 Å². The molecular formula is C17H21NO4. The van der Waals surface area contributed by atoms with Gasteiger partial charge in [-0.15, -0.1) is 0 Å². The van der Waals surface area contributed by atoms with Gasteiger partial charge in [0.2, 0.25) is 5.91 Å². The van der Waals surface area contributed by atoms with Gasteiger partial charge in [0, 0.05) is 12.6 Å². The molecule has 2 atom stereocenters. The number of amides is 1. The summed E-state index contributed by atoms with van der Waals surface area (Å²) in [6.45, 7) is 2.31. The number of carboxylic acids is 1. The number of ether oxygens (including phenoxy) is 1. The average Bonchev–Trinajstić information content (AvgIpc) is 3.35. The number of para-hydroxylation sites is 1. The van der Waals surface area contributed by atoms with Crippen molar-refractivity contribution in [3.8, 4) is 5.75 Å². The minimum atomic E-state index is -0.858. The lowest BCUT2D eigenvalue weighted by Gasteiger charge is -2.31. The summed E-state index contributed by atoms with van der Waals surface area (Å²) in [5.41, 5.74) is 1.05. The molecule has 1 heterocycles. The Morgan fingerprint density at radius 3 is 2.77 bits per heavy atom. The fourth-order valence-electron chi connectivity index (χ4n) is 2.90. The highest BCUT2D eigenvalue weighted by atomic mass is 16.5. The highest BCUT2D eigenvalue weighted by molar-refractivity contribution is 5.81. The van der Waals surface area contributed by atoms with Crippen molar-refractivity contribution in [2.24, 2.45) is 11.8 Å². The molecule has 1 N–H and O–H groups in total.